The molecule has 0 saturated carbocycles. The first kappa shape index (κ1) is 27.3. The number of hydrogen-bond donors (Lipinski definition) is 1. The largest absolute Gasteiger partial charge is 0.480 e. The van der Waals surface area contributed by atoms with E-state index in [4.69, 9.17) is 0 Å². The van der Waals surface area contributed by atoms with E-state index >= 15 is 0 Å². The van der Waals surface area contributed by atoms with Crippen LogP contribution in [0.1, 0.15) is 35.4 Å². The Morgan fingerprint density at radius 3 is 2.02 bits per heavy atom. The van der Waals surface area contributed by atoms with E-state index in [2.05, 4.69) is 0 Å². The number of aliphatic carboxylic acids is 1. The number of carboxylic acids is 1. The van der Waals surface area contributed by atoms with Crippen molar-refractivity contribution in [2.45, 2.75) is 47.5 Å². The fraction of sp³-hybridized carbons (Fsp3) is 0.229. The summed E-state index contributed by atoms with van der Waals surface area (Å²) in [7, 11) is 0. The molecule has 7 rings (SSSR count). The van der Waals surface area contributed by atoms with Crippen molar-refractivity contribution in [3.63, 3.8) is 0 Å². The molecule has 0 radical (unpaired) electrons. The Morgan fingerprint density at radius 1 is 0.744 bits per heavy atom. The predicted molar refractivity (Wildman–Crippen MR) is 166 cm³/mol. The number of amides is 3. The molecular formula is C35H31N3O4S. The van der Waals surface area contributed by atoms with Gasteiger partial charge in [-0.15, -0.1) is 11.8 Å². The molecule has 0 spiro atoms. The molecule has 216 valence electrons. The number of carboxylic acid groups (broad SMARTS) is 1. The number of piperazine rings is 1. The number of carbonyl (C=O) groups excluding carboxylic acids is 2. The average molecular weight is 590 g/mol. The summed E-state index contributed by atoms with van der Waals surface area (Å²) in [6, 6.07) is 32.4. The predicted octanol–water partition coefficient (Wildman–Crippen LogP) is 6.51. The van der Waals surface area contributed by atoms with Crippen LogP contribution in [-0.4, -0.2) is 57.5 Å². The number of hydrogen-bond acceptors (Lipinski definition) is 4. The van der Waals surface area contributed by atoms with Crippen molar-refractivity contribution in [1.82, 2.24) is 9.80 Å². The number of para-hydroxylation sites is 2. The zero-order chi connectivity index (χ0) is 29.5. The number of fused-ring (bicyclic) bond motifs is 4. The minimum absolute atomic E-state index is 0.120. The van der Waals surface area contributed by atoms with Gasteiger partial charge < -0.3 is 14.9 Å². The molecule has 3 aliphatic heterocycles. The number of anilines is 2. The van der Waals surface area contributed by atoms with Crippen LogP contribution in [-0.2, 0) is 15.3 Å². The molecule has 3 aliphatic rings. The smallest absolute Gasteiger partial charge is 0.330 e. The van der Waals surface area contributed by atoms with Crippen LogP contribution in [0, 0.1) is 0 Å². The summed E-state index contributed by atoms with van der Waals surface area (Å²) in [5, 5.41) is 10.6. The maximum absolute atomic E-state index is 14.6. The third kappa shape index (κ3) is 4.76. The summed E-state index contributed by atoms with van der Waals surface area (Å²) >= 11 is 1.66. The van der Waals surface area contributed by atoms with Crippen molar-refractivity contribution in [3.8, 4) is 0 Å². The average Bonchev–Trinajstić information content (AvgIpc) is 3.23. The van der Waals surface area contributed by atoms with Crippen LogP contribution in [0.3, 0.4) is 0 Å². The SMILES string of the molecule is O=C(O)[C@@H]1[C@H]2CC[C@@H](CN1C(=O)N1c3ccccc3CSc3ccccc31)N2C(=O)C(c1ccccc1)c1ccccc1. The zero-order valence-electron chi connectivity index (χ0n) is 23.5. The fourth-order valence-electron chi connectivity index (χ4n) is 6.94. The minimum atomic E-state index is -1.17. The number of likely N-dealkylation sites (tertiary alicyclic amines) is 1. The first-order valence-electron chi connectivity index (χ1n) is 14.6. The summed E-state index contributed by atoms with van der Waals surface area (Å²) in [5.74, 6) is -1.08. The highest BCUT2D eigenvalue weighted by Gasteiger charge is 2.54. The second-order valence-corrected chi connectivity index (χ2v) is 12.3. The molecule has 7 nitrogen and oxygen atoms in total. The molecule has 43 heavy (non-hydrogen) atoms. The van der Waals surface area contributed by atoms with Gasteiger partial charge in [0.2, 0.25) is 5.91 Å². The Bertz CT molecular complexity index is 1590. The molecule has 4 aromatic rings. The quantitative estimate of drug-likeness (QED) is 0.294. The molecule has 0 aromatic heterocycles. The molecule has 3 amide bonds. The summed E-state index contributed by atoms with van der Waals surface area (Å²) in [4.78, 5) is 48.0. The lowest BCUT2D eigenvalue weighted by Crippen LogP contribution is -2.66. The zero-order valence-corrected chi connectivity index (χ0v) is 24.3. The van der Waals surface area contributed by atoms with Crippen molar-refractivity contribution in [2.75, 3.05) is 11.4 Å². The Kier molecular flexibility index (Phi) is 7.15. The van der Waals surface area contributed by atoms with Crippen LogP contribution in [0.2, 0.25) is 0 Å². The van der Waals surface area contributed by atoms with E-state index in [1.165, 1.54) is 4.90 Å². The van der Waals surface area contributed by atoms with Crippen molar-refractivity contribution in [1.29, 1.82) is 0 Å². The van der Waals surface area contributed by atoms with E-state index in [9.17, 15) is 19.5 Å². The monoisotopic (exact) mass is 589 g/mol. The molecule has 3 atom stereocenters. The van der Waals surface area contributed by atoms with E-state index in [0.29, 0.717) is 18.6 Å². The van der Waals surface area contributed by atoms with E-state index in [0.717, 1.165) is 33.0 Å². The fourth-order valence-corrected chi connectivity index (χ4v) is 7.98. The van der Waals surface area contributed by atoms with Crippen LogP contribution < -0.4 is 4.90 Å². The van der Waals surface area contributed by atoms with Crippen LogP contribution in [0.25, 0.3) is 0 Å². The second-order valence-electron chi connectivity index (χ2n) is 11.2. The van der Waals surface area contributed by atoms with E-state index in [-0.39, 0.29) is 24.5 Å². The van der Waals surface area contributed by atoms with Crippen LogP contribution >= 0.6 is 11.8 Å². The third-order valence-corrected chi connectivity index (χ3v) is 9.94. The normalized spacial score (nSPS) is 20.8. The topological polar surface area (TPSA) is 81.2 Å². The Balaban J connectivity index is 1.27. The Labute approximate surface area is 254 Å². The number of carbonyl (C=O) groups is 3. The van der Waals surface area contributed by atoms with Gasteiger partial charge in [-0.05, 0) is 47.7 Å². The first-order valence-corrected chi connectivity index (χ1v) is 15.6. The molecule has 8 heteroatoms. The van der Waals surface area contributed by atoms with Gasteiger partial charge in [0.05, 0.1) is 23.3 Å². The van der Waals surface area contributed by atoms with E-state index in [1.54, 1.807) is 21.6 Å². The van der Waals surface area contributed by atoms with Gasteiger partial charge in [0.1, 0.15) is 0 Å². The van der Waals surface area contributed by atoms with Gasteiger partial charge in [0.25, 0.3) is 0 Å². The lowest BCUT2D eigenvalue weighted by atomic mass is 9.88. The highest BCUT2D eigenvalue weighted by Crippen LogP contribution is 2.45. The molecular weight excluding hydrogens is 558 g/mol. The number of benzene rings is 4. The molecule has 3 heterocycles. The molecule has 4 aromatic carbocycles. The van der Waals surface area contributed by atoms with Crippen LogP contribution in [0.15, 0.2) is 114 Å². The lowest BCUT2D eigenvalue weighted by Gasteiger charge is -2.47. The number of thioether (sulfide) groups is 1. The van der Waals surface area contributed by atoms with Crippen LogP contribution in [0.4, 0.5) is 16.2 Å². The van der Waals surface area contributed by atoms with Crippen LogP contribution in [0.5, 0.6) is 0 Å². The number of nitrogens with zero attached hydrogens (tertiary/aromatic N) is 3. The molecule has 2 saturated heterocycles. The van der Waals surface area contributed by atoms with Gasteiger partial charge in [-0.2, -0.15) is 0 Å². The van der Waals surface area contributed by atoms with Gasteiger partial charge in [-0.3, -0.25) is 9.69 Å². The van der Waals surface area contributed by atoms with Gasteiger partial charge >= 0.3 is 12.0 Å². The lowest BCUT2D eigenvalue weighted by molar-refractivity contribution is -0.151. The summed E-state index contributed by atoms with van der Waals surface area (Å²) in [6.07, 6.45) is 1.17. The van der Waals surface area contributed by atoms with Gasteiger partial charge in [0, 0.05) is 23.2 Å². The van der Waals surface area contributed by atoms with E-state index in [1.807, 2.05) is 109 Å². The van der Waals surface area contributed by atoms with Crippen molar-refractivity contribution in [3.05, 3.63) is 126 Å². The van der Waals surface area contributed by atoms with Crippen molar-refractivity contribution >= 4 is 41.0 Å². The molecule has 2 bridgehead atoms. The molecule has 2 fully saturated rings. The maximum atomic E-state index is 14.6. The first-order chi connectivity index (χ1) is 21.0. The summed E-state index contributed by atoms with van der Waals surface area (Å²) < 4.78 is 0. The minimum Gasteiger partial charge on any atom is -0.480 e. The van der Waals surface area contributed by atoms with Gasteiger partial charge in [-0.1, -0.05) is 91.0 Å². The highest BCUT2D eigenvalue weighted by molar-refractivity contribution is 7.98. The standard InChI is InChI=1S/C35H31N3O4S/c39-33(31(23-11-3-1-4-12-23)24-13-5-2-6-14-24)37-26-19-20-29(37)32(34(40)41)36(21-26)35(42)38-27-16-8-7-15-25(27)22-43-30-18-10-9-17-28(30)38/h1-18,26,29,31-32H,19-22H2,(H,40,41)/t26-,29+,32-/m0/s1. The molecule has 0 unspecified atom stereocenters. The third-order valence-electron chi connectivity index (χ3n) is 8.83. The Hall–Kier alpha value is -4.56. The second kappa shape index (κ2) is 11.3. The summed E-state index contributed by atoms with van der Waals surface area (Å²) in [5.41, 5.74) is 4.23. The highest BCUT2D eigenvalue weighted by atomic mass is 32.2. The Morgan fingerprint density at radius 2 is 1.35 bits per heavy atom. The van der Waals surface area contributed by atoms with Gasteiger partial charge in [0.15, 0.2) is 6.04 Å². The molecule has 1 N–H and O–H groups in total. The van der Waals surface area contributed by atoms with Crippen molar-refractivity contribution in [2.24, 2.45) is 0 Å². The van der Waals surface area contributed by atoms with Gasteiger partial charge in [-0.25, -0.2) is 9.59 Å². The molecule has 0 aliphatic carbocycles. The number of urea groups is 1. The summed E-state index contributed by atoms with van der Waals surface area (Å²) in [6.45, 7) is 0.155. The maximum Gasteiger partial charge on any atom is 0.330 e. The van der Waals surface area contributed by atoms with Crippen molar-refractivity contribution < 1.29 is 19.5 Å². The number of rotatable bonds is 4. The van der Waals surface area contributed by atoms with E-state index < -0.39 is 24.0 Å².